The molecule has 0 fully saturated rings. The highest BCUT2D eigenvalue weighted by atomic mass is 15.1. The number of anilines is 1. The van der Waals surface area contributed by atoms with E-state index in [1.165, 1.54) is 10.8 Å². The predicted molar refractivity (Wildman–Crippen MR) is 67.4 cm³/mol. The lowest BCUT2D eigenvalue weighted by atomic mass is 10.1. The third-order valence-corrected chi connectivity index (χ3v) is 2.75. The lowest BCUT2D eigenvalue weighted by Gasteiger charge is -2.21. The Balaban J connectivity index is 2.55. The molecule has 2 aromatic rings. The summed E-state index contributed by atoms with van der Waals surface area (Å²) in [4.78, 5) is 2.09. The quantitative estimate of drug-likeness (QED) is 0.727. The summed E-state index contributed by atoms with van der Waals surface area (Å²) in [5.74, 6) is 0. The molecule has 0 radical (unpaired) electrons. The Bertz CT molecular complexity index is 520. The Hall–Kier alpha value is -2.01. The van der Waals surface area contributed by atoms with Crippen LogP contribution in [-0.4, -0.2) is 13.1 Å². The van der Waals surface area contributed by atoms with Crippen molar-refractivity contribution in [1.29, 1.82) is 5.26 Å². The first-order valence-electron chi connectivity index (χ1n) is 5.46. The monoisotopic (exact) mass is 210 g/mol. The molecule has 0 atom stereocenters. The maximum atomic E-state index is 8.81. The summed E-state index contributed by atoms with van der Waals surface area (Å²) in [5.41, 5.74) is 1.14. The topological polar surface area (TPSA) is 27.0 Å². The first-order valence-corrected chi connectivity index (χ1v) is 5.46. The number of hydrogen-bond acceptors (Lipinski definition) is 2. The van der Waals surface area contributed by atoms with E-state index in [1.807, 2.05) is 18.2 Å². The van der Waals surface area contributed by atoms with Gasteiger partial charge in [0, 0.05) is 17.6 Å². The molecule has 0 saturated carbocycles. The normalized spacial score (nSPS) is 10.0. The van der Waals surface area contributed by atoms with E-state index in [0.29, 0.717) is 6.54 Å². The average Bonchev–Trinajstić information content (AvgIpc) is 2.35. The molecule has 0 aliphatic carbocycles. The van der Waals surface area contributed by atoms with Crippen molar-refractivity contribution >= 4 is 16.5 Å². The molecule has 0 aliphatic heterocycles. The lowest BCUT2D eigenvalue weighted by molar-refractivity contribution is 0.916. The van der Waals surface area contributed by atoms with Gasteiger partial charge in [-0.1, -0.05) is 36.4 Å². The number of hydrogen-bond donors (Lipinski definition) is 0. The lowest BCUT2D eigenvalue weighted by Crippen LogP contribution is -2.22. The first kappa shape index (κ1) is 10.5. The van der Waals surface area contributed by atoms with Crippen LogP contribution in [0.5, 0.6) is 0 Å². The highest BCUT2D eigenvalue weighted by Crippen LogP contribution is 2.26. The number of benzene rings is 2. The third-order valence-electron chi connectivity index (χ3n) is 2.75. The van der Waals surface area contributed by atoms with E-state index in [4.69, 9.17) is 5.26 Å². The van der Waals surface area contributed by atoms with Gasteiger partial charge in [0.15, 0.2) is 0 Å². The van der Waals surface area contributed by atoms with Crippen molar-refractivity contribution in [3.63, 3.8) is 0 Å². The molecule has 2 heteroatoms. The summed E-state index contributed by atoms with van der Waals surface area (Å²) < 4.78 is 0. The van der Waals surface area contributed by atoms with Crippen molar-refractivity contribution in [2.75, 3.05) is 18.0 Å². The van der Waals surface area contributed by atoms with E-state index in [-0.39, 0.29) is 0 Å². The van der Waals surface area contributed by atoms with Crippen LogP contribution in [0, 0.1) is 11.3 Å². The molecule has 0 amide bonds. The van der Waals surface area contributed by atoms with Crippen molar-refractivity contribution in [3.05, 3.63) is 42.5 Å². The number of rotatable bonds is 3. The molecular weight excluding hydrogens is 196 g/mol. The van der Waals surface area contributed by atoms with Crippen LogP contribution in [0.1, 0.15) is 6.92 Å². The second-order valence-corrected chi connectivity index (χ2v) is 3.67. The summed E-state index contributed by atoms with van der Waals surface area (Å²) in [6.07, 6.45) is 0. The average molecular weight is 210 g/mol. The largest absolute Gasteiger partial charge is 0.358 e. The number of nitriles is 1. The maximum absolute atomic E-state index is 8.81. The van der Waals surface area contributed by atoms with Crippen molar-refractivity contribution < 1.29 is 0 Å². The zero-order valence-corrected chi connectivity index (χ0v) is 9.35. The van der Waals surface area contributed by atoms with E-state index < -0.39 is 0 Å². The number of fused-ring (bicyclic) bond motifs is 1. The molecule has 80 valence electrons. The zero-order valence-electron chi connectivity index (χ0n) is 9.35. The van der Waals surface area contributed by atoms with Crippen LogP contribution in [-0.2, 0) is 0 Å². The fourth-order valence-electron chi connectivity index (χ4n) is 1.94. The summed E-state index contributed by atoms with van der Waals surface area (Å²) in [5, 5.41) is 11.2. The van der Waals surface area contributed by atoms with Crippen LogP contribution in [0.4, 0.5) is 5.69 Å². The second-order valence-electron chi connectivity index (χ2n) is 3.67. The first-order chi connectivity index (χ1) is 7.86. The van der Waals surface area contributed by atoms with Gasteiger partial charge < -0.3 is 4.90 Å². The van der Waals surface area contributed by atoms with Crippen LogP contribution < -0.4 is 4.90 Å². The molecule has 16 heavy (non-hydrogen) atoms. The Morgan fingerprint density at radius 2 is 1.88 bits per heavy atom. The molecule has 0 aliphatic rings. The smallest absolute Gasteiger partial charge is 0.105 e. The van der Waals surface area contributed by atoms with Gasteiger partial charge in [-0.2, -0.15) is 5.26 Å². The summed E-state index contributed by atoms with van der Waals surface area (Å²) in [6.45, 7) is 3.35. The van der Waals surface area contributed by atoms with Crippen LogP contribution in [0.15, 0.2) is 42.5 Å². The molecule has 0 aromatic heterocycles. The fraction of sp³-hybridized carbons (Fsp3) is 0.214. The molecule has 0 unspecified atom stereocenters. The standard InChI is InChI=1S/C14H14N2/c1-2-16(11-10-15)14-9-5-7-12-6-3-4-8-13(12)14/h3-9H,2,11H2,1H3. The van der Waals surface area contributed by atoms with Gasteiger partial charge in [0.1, 0.15) is 6.54 Å². The van der Waals surface area contributed by atoms with Gasteiger partial charge in [0.05, 0.1) is 6.07 Å². The molecule has 0 bridgehead atoms. The molecule has 0 saturated heterocycles. The Morgan fingerprint density at radius 1 is 1.12 bits per heavy atom. The van der Waals surface area contributed by atoms with Crippen LogP contribution in [0.3, 0.4) is 0 Å². The van der Waals surface area contributed by atoms with Crippen LogP contribution in [0.2, 0.25) is 0 Å². The van der Waals surface area contributed by atoms with Gasteiger partial charge in [-0.15, -0.1) is 0 Å². The minimum Gasteiger partial charge on any atom is -0.358 e. The molecule has 0 heterocycles. The number of nitrogens with zero attached hydrogens (tertiary/aromatic N) is 2. The molecule has 0 N–H and O–H groups in total. The van der Waals surface area contributed by atoms with Gasteiger partial charge in [-0.05, 0) is 18.4 Å². The van der Waals surface area contributed by atoms with Gasteiger partial charge >= 0.3 is 0 Å². The molecule has 2 rings (SSSR count). The Labute approximate surface area is 95.7 Å². The SMILES string of the molecule is CCN(CC#N)c1cccc2ccccc12. The van der Waals surface area contributed by atoms with Gasteiger partial charge in [0.25, 0.3) is 0 Å². The molecule has 0 spiro atoms. The highest BCUT2D eigenvalue weighted by Gasteiger charge is 2.06. The highest BCUT2D eigenvalue weighted by molar-refractivity contribution is 5.94. The summed E-state index contributed by atoms with van der Waals surface area (Å²) in [6, 6.07) is 16.7. The van der Waals surface area contributed by atoms with Crippen molar-refractivity contribution in [2.45, 2.75) is 6.92 Å². The molecule has 2 nitrogen and oxygen atoms in total. The molecular formula is C14H14N2. The predicted octanol–water partition coefficient (Wildman–Crippen LogP) is 3.19. The Kier molecular flexibility index (Phi) is 3.07. The van der Waals surface area contributed by atoms with E-state index >= 15 is 0 Å². The van der Waals surface area contributed by atoms with Crippen molar-refractivity contribution in [2.24, 2.45) is 0 Å². The second kappa shape index (κ2) is 4.67. The Morgan fingerprint density at radius 3 is 2.62 bits per heavy atom. The maximum Gasteiger partial charge on any atom is 0.105 e. The van der Waals surface area contributed by atoms with E-state index in [0.717, 1.165) is 12.2 Å². The van der Waals surface area contributed by atoms with Gasteiger partial charge in [0.2, 0.25) is 0 Å². The van der Waals surface area contributed by atoms with Gasteiger partial charge in [-0.3, -0.25) is 0 Å². The minimum absolute atomic E-state index is 0.435. The minimum atomic E-state index is 0.435. The van der Waals surface area contributed by atoms with Crippen LogP contribution >= 0.6 is 0 Å². The third kappa shape index (κ3) is 1.85. The van der Waals surface area contributed by atoms with E-state index in [2.05, 4.69) is 42.2 Å². The van der Waals surface area contributed by atoms with E-state index in [9.17, 15) is 0 Å². The van der Waals surface area contributed by atoms with Crippen molar-refractivity contribution in [3.8, 4) is 6.07 Å². The summed E-state index contributed by atoms with van der Waals surface area (Å²) in [7, 11) is 0. The van der Waals surface area contributed by atoms with Crippen molar-refractivity contribution in [1.82, 2.24) is 0 Å². The molecule has 2 aromatic carbocycles. The van der Waals surface area contributed by atoms with Gasteiger partial charge in [-0.25, -0.2) is 0 Å². The fourth-order valence-corrected chi connectivity index (χ4v) is 1.94. The van der Waals surface area contributed by atoms with E-state index in [1.54, 1.807) is 0 Å². The summed E-state index contributed by atoms with van der Waals surface area (Å²) >= 11 is 0. The van der Waals surface area contributed by atoms with Crippen LogP contribution in [0.25, 0.3) is 10.8 Å². The zero-order chi connectivity index (χ0) is 11.4.